The Kier molecular flexibility index (Phi) is 3.07. The second-order valence-corrected chi connectivity index (χ2v) is 7.65. The van der Waals surface area contributed by atoms with Gasteiger partial charge in [-0.3, -0.25) is 4.79 Å². The summed E-state index contributed by atoms with van der Waals surface area (Å²) >= 11 is 0. The van der Waals surface area contributed by atoms with Crippen LogP contribution in [0.25, 0.3) is 0 Å². The smallest absolute Gasteiger partial charge is 0.183 e. The molecule has 0 unspecified atom stereocenters. The molecule has 1 aromatic rings. The van der Waals surface area contributed by atoms with E-state index in [0.717, 1.165) is 17.4 Å². The molecule has 5 heteroatoms. The van der Waals surface area contributed by atoms with Gasteiger partial charge in [-0.2, -0.15) is 0 Å². The SMILES string of the molecule is CC(C)(C(=O)c1ccc2c(c1)COC2)S(C)(=O)=O. The first kappa shape index (κ1) is 13.2. The lowest BCUT2D eigenvalue weighted by Gasteiger charge is -2.21. The highest BCUT2D eigenvalue weighted by atomic mass is 32.2. The van der Waals surface area contributed by atoms with Gasteiger partial charge < -0.3 is 4.74 Å². The third-order valence-electron chi connectivity index (χ3n) is 3.46. The standard InChI is InChI=1S/C13H16O4S/c1-13(2,18(3,15)16)12(14)9-4-5-10-7-17-8-11(10)6-9/h4-6H,7-8H2,1-3H3. The lowest BCUT2D eigenvalue weighted by molar-refractivity contribution is 0.0954. The third-order valence-corrected chi connectivity index (χ3v) is 5.50. The van der Waals surface area contributed by atoms with Gasteiger partial charge in [0.15, 0.2) is 15.6 Å². The molecule has 0 fully saturated rings. The largest absolute Gasteiger partial charge is 0.372 e. The molecule has 18 heavy (non-hydrogen) atoms. The van der Waals surface area contributed by atoms with Crippen molar-refractivity contribution in [1.29, 1.82) is 0 Å². The molecule has 0 saturated carbocycles. The van der Waals surface area contributed by atoms with Gasteiger partial charge in [-0.1, -0.05) is 12.1 Å². The number of hydrogen-bond acceptors (Lipinski definition) is 4. The Morgan fingerprint density at radius 2 is 1.83 bits per heavy atom. The van der Waals surface area contributed by atoms with Gasteiger partial charge >= 0.3 is 0 Å². The Labute approximate surface area is 107 Å². The van der Waals surface area contributed by atoms with Crippen LogP contribution in [-0.4, -0.2) is 25.2 Å². The monoisotopic (exact) mass is 268 g/mol. The fourth-order valence-corrected chi connectivity index (χ4v) is 2.28. The van der Waals surface area contributed by atoms with Crippen molar-refractivity contribution >= 4 is 15.6 Å². The van der Waals surface area contributed by atoms with Crippen molar-refractivity contribution in [2.75, 3.05) is 6.26 Å². The summed E-state index contributed by atoms with van der Waals surface area (Å²) in [6.07, 6.45) is 1.08. The molecular formula is C13H16O4S. The Morgan fingerprint density at radius 3 is 2.44 bits per heavy atom. The number of carbonyl (C=O) groups excluding carboxylic acids is 1. The first-order chi connectivity index (χ1) is 8.23. The molecule has 1 aliphatic rings. The number of Topliss-reactive ketones (excluding diaryl/α,β-unsaturated/α-hetero) is 1. The molecule has 0 aromatic heterocycles. The van der Waals surface area contributed by atoms with Crippen molar-refractivity contribution in [3.05, 3.63) is 34.9 Å². The number of fused-ring (bicyclic) bond motifs is 1. The Bertz CT molecular complexity index is 599. The van der Waals surface area contributed by atoms with Crippen molar-refractivity contribution in [1.82, 2.24) is 0 Å². The van der Waals surface area contributed by atoms with Crippen molar-refractivity contribution in [2.45, 2.75) is 31.8 Å². The molecule has 98 valence electrons. The second kappa shape index (κ2) is 4.17. The fourth-order valence-electron chi connectivity index (χ4n) is 1.83. The quantitative estimate of drug-likeness (QED) is 0.783. The number of carbonyl (C=O) groups is 1. The maximum atomic E-state index is 12.3. The van der Waals surface area contributed by atoms with Gasteiger partial charge in [-0.15, -0.1) is 0 Å². The van der Waals surface area contributed by atoms with Crippen LogP contribution in [0, 0.1) is 0 Å². The zero-order valence-corrected chi connectivity index (χ0v) is 11.5. The van der Waals surface area contributed by atoms with Crippen LogP contribution in [-0.2, 0) is 27.8 Å². The van der Waals surface area contributed by atoms with E-state index in [9.17, 15) is 13.2 Å². The zero-order valence-electron chi connectivity index (χ0n) is 10.7. The Hall–Kier alpha value is -1.20. The van der Waals surface area contributed by atoms with Gasteiger partial charge in [-0.25, -0.2) is 8.42 Å². The van der Waals surface area contributed by atoms with Gasteiger partial charge in [0, 0.05) is 11.8 Å². The highest BCUT2D eigenvalue weighted by Crippen LogP contribution is 2.26. The van der Waals surface area contributed by atoms with Crippen LogP contribution in [0.1, 0.15) is 35.3 Å². The van der Waals surface area contributed by atoms with Gasteiger partial charge in [0.2, 0.25) is 0 Å². The van der Waals surface area contributed by atoms with E-state index in [4.69, 9.17) is 4.74 Å². The van der Waals surface area contributed by atoms with Crippen LogP contribution in [0.4, 0.5) is 0 Å². The topological polar surface area (TPSA) is 60.4 Å². The van der Waals surface area contributed by atoms with Crippen LogP contribution in [0.2, 0.25) is 0 Å². The number of ketones is 1. The van der Waals surface area contributed by atoms with Gasteiger partial charge in [0.05, 0.1) is 13.2 Å². The average Bonchev–Trinajstić information content (AvgIpc) is 2.73. The Morgan fingerprint density at radius 1 is 1.22 bits per heavy atom. The van der Waals surface area contributed by atoms with E-state index >= 15 is 0 Å². The zero-order chi connectivity index (χ0) is 13.6. The molecule has 0 radical (unpaired) electrons. The van der Waals surface area contributed by atoms with Crippen LogP contribution in [0.5, 0.6) is 0 Å². The number of rotatable bonds is 3. The van der Waals surface area contributed by atoms with Gasteiger partial charge in [0.25, 0.3) is 0 Å². The molecule has 1 heterocycles. The average molecular weight is 268 g/mol. The molecule has 0 saturated heterocycles. The van der Waals surface area contributed by atoms with Crippen molar-refractivity contribution in [3.8, 4) is 0 Å². The lowest BCUT2D eigenvalue weighted by Crippen LogP contribution is -2.40. The summed E-state index contributed by atoms with van der Waals surface area (Å²) in [5.41, 5.74) is 2.45. The van der Waals surface area contributed by atoms with E-state index < -0.39 is 14.6 Å². The van der Waals surface area contributed by atoms with E-state index in [1.165, 1.54) is 13.8 Å². The lowest BCUT2D eigenvalue weighted by atomic mass is 9.97. The maximum absolute atomic E-state index is 12.3. The van der Waals surface area contributed by atoms with Crippen molar-refractivity contribution in [2.24, 2.45) is 0 Å². The number of hydrogen-bond donors (Lipinski definition) is 0. The maximum Gasteiger partial charge on any atom is 0.183 e. The second-order valence-electron chi connectivity index (χ2n) is 5.09. The molecule has 0 amide bonds. The van der Waals surface area contributed by atoms with Crippen LogP contribution in [0.3, 0.4) is 0 Å². The molecule has 0 bridgehead atoms. The predicted molar refractivity (Wildman–Crippen MR) is 68.2 cm³/mol. The van der Waals surface area contributed by atoms with E-state index in [1.54, 1.807) is 12.1 Å². The van der Waals surface area contributed by atoms with Crippen LogP contribution >= 0.6 is 0 Å². The summed E-state index contributed by atoms with van der Waals surface area (Å²) in [6.45, 7) is 3.91. The number of ether oxygens (including phenoxy) is 1. The van der Waals surface area contributed by atoms with E-state index in [2.05, 4.69) is 0 Å². The highest BCUT2D eigenvalue weighted by molar-refractivity contribution is 7.92. The highest BCUT2D eigenvalue weighted by Gasteiger charge is 2.39. The first-order valence-corrected chi connectivity index (χ1v) is 7.56. The van der Waals surface area contributed by atoms with Gasteiger partial charge in [-0.05, 0) is 31.0 Å². The molecule has 4 nitrogen and oxygen atoms in total. The number of sulfone groups is 1. The van der Waals surface area contributed by atoms with Crippen molar-refractivity contribution < 1.29 is 17.9 Å². The summed E-state index contributed by atoms with van der Waals surface area (Å²) in [6, 6.07) is 5.23. The predicted octanol–water partition coefficient (Wildman–Crippen LogP) is 1.72. The molecule has 0 aliphatic carbocycles. The third kappa shape index (κ3) is 2.08. The number of benzene rings is 1. The summed E-state index contributed by atoms with van der Waals surface area (Å²) in [7, 11) is -3.44. The van der Waals surface area contributed by atoms with Crippen LogP contribution < -0.4 is 0 Å². The Balaban J connectivity index is 2.41. The molecular weight excluding hydrogens is 252 g/mol. The van der Waals surface area contributed by atoms with E-state index in [-0.39, 0.29) is 5.78 Å². The minimum Gasteiger partial charge on any atom is -0.372 e. The normalized spacial score (nSPS) is 15.5. The first-order valence-electron chi connectivity index (χ1n) is 5.67. The molecule has 1 aromatic carbocycles. The minimum absolute atomic E-state index is 0.375. The minimum atomic E-state index is -3.44. The van der Waals surface area contributed by atoms with Crippen molar-refractivity contribution in [3.63, 3.8) is 0 Å². The molecule has 0 N–H and O–H groups in total. The summed E-state index contributed by atoms with van der Waals surface area (Å²) in [5, 5.41) is 0. The summed E-state index contributed by atoms with van der Waals surface area (Å²) in [4.78, 5) is 12.3. The summed E-state index contributed by atoms with van der Waals surface area (Å²) < 4.78 is 27.2. The van der Waals surface area contributed by atoms with Crippen LogP contribution in [0.15, 0.2) is 18.2 Å². The van der Waals surface area contributed by atoms with E-state index in [1.807, 2.05) is 6.07 Å². The fraction of sp³-hybridized carbons (Fsp3) is 0.462. The molecule has 1 aliphatic heterocycles. The van der Waals surface area contributed by atoms with E-state index in [0.29, 0.717) is 18.8 Å². The summed E-state index contributed by atoms with van der Waals surface area (Å²) in [5.74, 6) is -0.375. The molecule has 0 spiro atoms. The molecule has 2 rings (SSSR count). The molecule has 0 atom stereocenters. The van der Waals surface area contributed by atoms with Gasteiger partial charge in [0.1, 0.15) is 4.75 Å².